The Morgan fingerprint density at radius 3 is 2.35 bits per heavy atom. The van der Waals surface area contributed by atoms with E-state index in [2.05, 4.69) is 25.2 Å². The molecule has 2 aromatic heterocycles. The lowest BCUT2D eigenvalue weighted by atomic mass is 10.2. The van der Waals surface area contributed by atoms with Gasteiger partial charge in [0.2, 0.25) is 11.9 Å². The molecule has 0 bridgehead atoms. The summed E-state index contributed by atoms with van der Waals surface area (Å²) < 4.78 is 1.10. The fourth-order valence-corrected chi connectivity index (χ4v) is 5.13. The summed E-state index contributed by atoms with van der Waals surface area (Å²) in [5.41, 5.74) is 1.52. The number of aromatic nitrogens is 4. The number of hydrogen-bond acceptors (Lipinski definition) is 8. The van der Waals surface area contributed by atoms with Gasteiger partial charge in [0.1, 0.15) is 5.49 Å². The Morgan fingerprint density at radius 1 is 1.07 bits per heavy atom. The Kier molecular flexibility index (Phi) is 7.79. The van der Waals surface area contributed by atoms with Gasteiger partial charge in [0.25, 0.3) is 0 Å². The minimum absolute atomic E-state index is 0.136. The molecule has 0 aliphatic carbocycles. The number of likely N-dealkylation sites (N-methyl/N-ethyl adjacent to an activating group) is 1. The van der Waals surface area contributed by atoms with Crippen molar-refractivity contribution in [1.29, 1.82) is 5.41 Å². The van der Waals surface area contributed by atoms with E-state index in [9.17, 15) is 9.59 Å². The van der Waals surface area contributed by atoms with Crippen LogP contribution in [0.2, 0.25) is 10.0 Å². The molecular formula is C27H29Cl2N9O2. The van der Waals surface area contributed by atoms with Crippen molar-refractivity contribution in [2.75, 3.05) is 50.5 Å². The average molecular weight is 582 g/mol. The summed E-state index contributed by atoms with van der Waals surface area (Å²) in [6, 6.07) is 12.6. The number of nitrogens with one attached hydrogen (secondary N) is 3. The number of fused-ring (bicyclic) bond motifs is 1. The number of benzene rings is 2. The summed E-state index contributed by atoms with van der Waals surface area (Å²) in [5.74, 6) is 0.423. The van der Waals surface area contributed by atoms with Gasteiger partial charge in [-0.05, 0) is 57.4 Å². The van der Waals surface area contributed by atoms with Crippen LogP contribution in [0.4, 0.5) is 17.3 Å². The van der Waals surface area contributed by atoms with E-state index >= 15 is 0 Å². The Bertz CT molecular complexity index is 1660. The van der Waals surface area contributed by atoms with Gasteiger partial charge < -0.3 is 15.1 Å². The van der Waals surface area contributed by atoms with E-state index in [-0.39, 0.29) is 44.8 Å². The smallest absolute Gasteiger partial charge is 0.333 e. The third kappa shape index (κ3) is 5.40. The molecule has 1 saturated heterocycles. The van der Waals surface area contributed by atoms with Crippen LogP contribution in [0.15, 0.2) is 53.5 Å². The van der Waals surface area contributed by atoms with Gasteiger partial charge in [0.05, 0.1) is 27.2 Å². The first-order valence-corrected chi connectivity index (χ1v) is 13.5. The highest BCUT2D eigenvalue weighted by molar-refractivity contribution is 6.37. The van der Waals surface area contributed by atoms with E-state index in [1.54, 1.807) is 18.2 Å². The second kappa shape index (κ2) is 11.3. The maximum absolute atomic E-state index is 12.9. The van der Waals surface area contributed by atoms with E-state index in [1.165, 1.54) is 6.20 Å². The highest BCUT2D eigenvalue weighted by Gasteiger charge is 2.26. The van der Waals surface area contributed by atoms with E-state index in [0.29, 0.717) is 18.5 Å². The Balaban J connectivity index is 1.30. The van der Waals surface area contributed by atoms with Crippen LogP contribution < -0.4 is 21.4 Å². The molecule has 11 nitrogen and oxygen atoms in total. The molecule has 1 atom stereocenters. The van der Waals surface area contributed by atoms with Crippen LogP contribution in [0.3, 0.4) is 0 Å². The molecule has 0 spiro atoms. The van der Waals surface area contributed by atoms with Crippen molar-refractivity contribution in [3.8, 4) is 5.69 Å². The molecule has 4 aromatic rings. The minimum Gasteiger partial charge on any atom is -0.368 e. The Hall–Kier alpha value is -3.93. The Morgan fingerprint density at radius 2 is 1.73 bits per heavy atom. The maximum Gasteiger partial charge on any atom is 0.333 e. The van der Waals surface area contributed by atoms with Crippen molar-refractivity contribution < 1.29 is 4.79 Å². The van der Waals surface area contributed by atoms with Gasteiger partial charge in [0, 0.05) is 43.8 Å². The molecule has 13 heteroatoms. The van der Waals surface area contributed by atoms with Crippen molar-refractivity contribution >= 4 is 57.5 Å². The van der Waals surface area contributed by atoms with Gasteiger partial charge in [-0.2, -0.15) is 4.98 Å². The lowest BCUT2D eigenvalue weighted by molar-refractivity contribution is -0.135. The highest BCUT2D eigenvalue weighted by Crippen LogP contribution is 2.27. The number of halogens is 2. The number of carbonyl (C=O) groups excluding carboxylic acids is 1. The fraction of sp³-hybridized carbons (Fsp3) is 0.296. The number of amides is 1. The number of hydrogen-bond donors (Lipinski definition) is 3. The van der Waals surface area contributed by atoms with Crippen LogP contribution in [0.1, 0.15) is 6.92 Å². The predicted molar refractivity (Wildman–Crippen MR) is 157 cm³/mol. The quantitative estimate of drug-likeness (QED) is 0.319. The molecule has 0 radical (unpaired) electrons. The summed E-state index contributed by atoms with van der Waals surface area (Å²) in [6.45, 7) is 4.81. The van der Waals surface area contributed by atoms with E-state index < -0.39 is 5.69 Å². The number of anilines is 3. The molecule has 208 valence electrons. The zero-order valence-corrected chi connectivity index (χ0v) is 23.8. The minimum atomic E-state index is -0.598. The number of rotatable bonds is 6. The second-order valence-electron chi connectivity index (χ2n) is 9.76. The number of nitrogens with zero attached hydrogens (tertiary/aromatic N) is 6. The largest absolute Gasteiger partial charge is 0.368 e. The van der Waals surface area contributed by atoms with Crippen LogP contribution in [0.5, 0.6) is 0 Å². The van der Waals surface area contributed by atoms with Crippen molar-refractivity contribution in [2.45, 2.75) is 13.0 Å². The molecule has 1 amide bonds. The van der Waals surface area contributed by atoms with Crippen molar-refractivity contribution in [3.05, 3.63) is 74.7 Å². The first-order valence-electron chi connectivity index (χ1n) is 12.7. The van der Waals surface area contributed by atoms with Crippen LogP contribution >= 0.6 is 23.2 Å². The van der Waals surface area contributed by atoms with Crippen molar-refractivity contribution in [1.82, 2.24) is 29.3 Å². The molecule has 5 rings (SSSR count). The lowest BCUT2D eigenvalue weighted by Gasteiger charge is -2.38. The fourth-order valence-electron chi connectivity index (χ4n) is 4.56. The van der Waals surface area contributed by atoms with Gasteiger partial charge in [-0.15, -0.1) is 0 Å². The summed E-state index contributed by atoms with van der Waals surface area (Å²) >= 11 is 12.5. The number of aromatic amines is 1. The maximum atomic E-state index is 12.9. The van der Waals surface area contributed by atoms with Crippen LogP contribution in [0.25, 0.3) is 16.7 Å². The molecule has 1 unspecified atom stereocenters. The summed E-state index contributed by atoms with van der Waals surface area (Å²) in [6.07, 6.45) is 1.47. The SMILES string of the molecule is CC(C(=O)N1CCN(c2ccc(Nc3ncc4c(=N)n(-c5c(Cl)cccc5Cl)c(=O)[nH]c4n3)cc2)CC1)N(C)C. The predicted octanol–water partition coefficient (Wildman–Crippen LogP) is 3.24. The van der Waals surface area contributed by atoms with Gasteiger partial charge in [-0.1, -0.05) is 29.3 Å². The molecule has 3 N–H and O–H groups in total. The average Bonchev–Trinajstić information content (AvgIpc) is 2.94. The summed E-state index contributed by atoms with van der Waals surface area (Å²) in [7, 11) is 3.83. The molecule has 40 heavy (non-hydrogen) atoms. The van der Waals surface area contributed by atoms with Gasteiger partial charge in [0.15, 0.2) is 5.65 Å². The van der Waals surface area contributed by atoms with Crippen LogP contribution in [-0.2, 0) is 4.79 Å². The molecule has 1 fully saturated rings. The van der Waals surface area contributed by atoms with E-state index in [0.717, 1.165) is 29.0 Å². The molecular weight excluding hydrogens is 553 g/mol. The topological polar surface area (TPSA) is 126 Å². The van der Waals surface area contributed by atoms with E-state index in [4.69, 9.17) is 28.6 Å². The number of carbonyl (C=O) groups is 1. The monoisotopic (exact) mass is 581 g/mol. The van der Waals surface area contributed by atoms with Gasteiger partial charge >= 0.3 is 5.69 Å². The molecule has 1 aliphatic heterocycles. The second-order valence-corrected chi connectivity index (χ2v) is 10.6. The zero-order chi connectivity index (χ0) is 28.6. The lowest BCUT2D eigenvalue weighted by Crippen LogP contribution is -2.53. The normalized spacial score (nSPS) is 14.6. The third-order valence-electron chi connectivity index (χ3n) is 7.07. The number of para-hydroxylation sites is 1. The first-order chi connectivity index (χ1) is 19.1. The first kappa shape index (κ1) is 27.6. The molecule has 0 saturated carbocycles. The highest BCUT2D eigenvalue weighted by atomic mass is 35.5. The standard InChI is InChI=1S/C27H29Cl2N9O2/c1-16(35(2)3)25(39)37-13-11-36(12-14-37)18-9-7-17(8-10-18)32-26-31-15-19-23(30)38(27(40)34-24(19)33-26)22-20(28)5-4-6-21(22)29/h4-10,15-16,30H,11-14H2,1-3H3,(H2,31,32,33,34,40). The third-order valence-corrected chi connectivity index (χ3v) is 7.68. The van der Waals surface area contributed by atoms with Crippen LogP contribution in [0, 0.1) is 5.41 Å². The number of H-pyrrole nitrogens is 1. The van der Waals surface area contributed by atoms with Crippen molar-refractivity contribution in [3.63, 3.8) is 0 Å². The summed E-state index contributed by atoms with van der Waals surface area (Å²) in [5, 5.41) is 12.6. The summed E-state index contributed by atoms with van der Waals surface area (Å²) in [4.78, 5) is 43.1. The van der Waals surface area contributed by atoms with Crippen LogP contribution in [-0.4, -0.2) is 81.5 Å². The van der Waals surface area contributed by atoms with Gasteiger partial charge in [-0.3, -0.25) is 20.1 Å². The zero-order valence-electron chi connectivity index (χ0n) is 22.3. The van der Waals surface area contributed by atoms with Gasteiger partial charge in [-0.25, -0.2) is 14.3 Å². The number of piperazine rings is 1. The molecule has 3 heterocycles. The van der Waals surface area contributed by atoms with Crippen molar-refractivity contribution in [2.24, 2.45) is 0 Å². The molecule has 1 aliphatic rings. The Labute approximate surface area is 240 Å². The molecule has 2 aromatic carbocycles. The van der Waals surface area contributed by atoms with E-state index in [1.807, 2.05) is 55.1 Å².